The summed E-state index contributed by atoms with van der Waals surface area (Å²) >= 11 is 1.14. The Kier molecular flexibility index (Phi) is 5.42. The van der Waals surface area contributed by atoms with Crippen LogP contribution in [-0.2, 0) is 16.0 Å². The molecule has 1 aromatic heterocycles. The van der Waals surface area contributed by atoms with Crippen molar-refractivity contribution in [1.82, 2.24) is 10.2 Å². The number of nitrogens with zero attached hydrogens (tertiary/aromatic N) is 2. The third-order valence-electron chi connectivity index (χ3n) is 2.64. The van der Waals surface area contributed by atoms with Gasteiger partial charge in [0, 0.05) is 5.56 Å². The molecule has 0 saturated carbocycles. The molecule has 1 amide bonds. The van der Waals surface area contributed by atoms with Crippen LogP contribution in [0.2, 0.25) is 0 Å². The van der Waals surface area contributed by atoms with Crippen molar-refractivity contribution in [3.63, 3.8) is 0 Å². The molecule has 2 aromatic rings. The van der Waals surface area contributed by atoms with Gasteiger partial charge in [-0.3, -0.25) is 14.9 Å². The van der Waals surface area contributed by atoms with Crippen LogP contribution in [0.1, 0.15) is 22.3 Å². The topological polar surface area (TPSA) is 90.4 Å². The summed E-state index contributed by atoms with van der Waals surface area (Å²) < 4.78 is 9.86. The number of hydrogen-bond donors (Lipinski definition) is 1. The Balaban J connectivity index is 1.96. The molecule has 8 heteroatoms. The summed E-state index contributed by atoms with van der Waals surface area (Å²) in [6, 6.07) is 6.69. The molecule has 0 bridgehead atoms. The average Bonchev–Trinajstić information content (AvgIpc) is 2.94. The van der Waals surface area contributed by atoms with Gasteiger partial charge in [0.2, 0.25) is 5.13 Å². The monoisotopic (exact) mass is 321 g/mol. The Morgan fingerprint density at radius 3 is 2.59 bits per heavy atom. The molecule has 22 heavy (non-hydrogen) atoms. The second-order valence-corrected chi connectivity index (χ2v) is 5.23. The molecule has 0 aliphatic carbocycles. The van der Waals surface area contributed by atoms with Crippen molar-refractivity contribution >= 4 is 28.3 Å². The van der Waals surface area contributed by atoms with Crippen LogP contribution in [-0.4, -0.2) is 35.8 Å². The van der Waals surface area contributed by atoms with E-state index in [1.165, 1.54) is 0 Å². The third kappa shape index (κ3) is 4.26. The average molecular weight is 321 g/mol. The van der Waals surface area contributed by atoms with Gasteiger partial charge in [-0.2, -0.15) is 0 Å². The predicted octanol–water partition coefficient (Wildman–Crippen LogP) is 1.90. The number of rotatable bonds is 6. The van der Waals surface area contributed by atoms with Crippen molar-refractivity contribution in [1.29, 1.82) is 0 Å². The summed E-state index contributed by atoms with van der Waals surface area (Å²) in [6.07, 6.45) is 0.0455. The quantitative estimate of drug-likeness (QED) is 0.817. The highest BCUT2D eigenvalue weighted by Gasteiger charge is 2.13. The Labute approximate surface area is 131 Å². The molecule has 0 fully saturated rings. The summed E-state index contributed by atoms with van der Waals surface area (Å²) in [5.41, 5.74) is 0.475. The van der Waals surface area contributed by atoms with Crippen LogP contribution < -0.4 is 10.1 Å². The first-order valence-electron chi connectivity index (χ1n) is 6.55. The summed E-state index contributed by atoms with van der Waals surface area (Å²) in [5.74, 6) is -0.00245. The fraction of sp³-hybridized carbons (Fsp3) is 0.286. The first-order chi connectivity index (χ1) is 10.6. The van der Waals surface area contributed by atoms with E-state index in [0.29, 0.717) is 28.1 Å². The summed E-state index contributed by atoms with van der Waals surface area (Å²) in [7, 11) is 1.56. The largest absolute Gasteiger partial charge is 0.497 e. The molecular weight excluding hydrogens is 306 g/mol. The first-order valence-corrected chi connectivity index (χ1v) is 7.37. The highest BCUT2D eigenvalue weighted by molar-refractivity contribution is 7.15. The minimum atomic E-state index is -0.369. The zero-order chi connectivity index (χ0) is 15.9. The second kappa shape index (κ2) is 7.51. The molecule has 0 saturated heterocycles. The second-order valence-electron chi connectivity index (χ2n) is 4.17. The Morgan fingerprint density at radius 1 is 1.23 bits per heavy atom. The maximum Gasteiger partial charge on any atom is 0.312 e. The van der Waals surface area contributed by atoms with Crippen LogP contribution in [0.15, 0.2) is 24.3 Å². The maximum absolute atomic E-state index is 12.0. The lowest BCUT2D eigenvalue weighted by Crippen LogP contribution is -2.11. The molecular formula is C14H15N3O4S. The molecule has 0 atom stereocenters. The van der Waals surface area contributed by atoms with E-state index < -0.39 is 0 Å². The van der Waals surface area contributed by atoms with E-state index in [-0.39, 0.29) is 18.3 Å². The van der Waals surface area contributed by atoms with Gasteiger partial charge in [-0.15, -0.1) is 10.2 Å². The first kappa shape index (κ1) is 15.9. The van der Waals surface area contributed by atoms with Crippen molar-refractivity contribution < 1.29 is 19.1 Å². The summed E-state index contributed by atoms with van der Waals surface area (Å²) in [6.45, 7) is 2.05. The number of esters is 1. The van der Waals surface area contributed by atoms with Crippen LogP contribution in [0, 0.1) is 0 Å². The summed E-state index contributed by atoms with van der Waals surface area (Å²) in [5, 5.41) is 11.1. The number of nitrogens with one attached hydrogen (secondary N) is 1. The normalized spacial score (nSPS) is 10.1. The van der Waals surface area contributed by atoms with E-state index >= 15 is 0 Å². The van der Waals surface area contributed by atoms with Crippen LogP contribution in [0.25, 0.3) is 0 Å². The van der Waals surface area contributed by atoms with Crippen LogP contribution in [0.4, 0.5) is 5.13 Å². The van der Waals surface area contributed by atoms with Gasteiger partial charge in [0.1, 0.15) is 10.8 Å². The van der Waals surface area contributed by atoms with Gasteiger partial charge in [-0.25, -0.2) is 0 Å². The number of carbonyl (C=O) groups excluding carboxylic acids is 2. The lowest BCUT2D eigenvalue weighted by atomic mass is 10.2. The number of ether oxygens (including phenoxy) is 2. The molecule has 2 rings (SSSR count). The Hall–Kier alpha value is -2.48. The smallest absolute Gasteiger partial charge is 0.312 e. The van der Waals surface area contributed by atoms with Gasteiger partial charge in [-0.1, -0.05) is 11.3 Å². The fourth-order valence-corrected chi connectivity index (χ4v) is 2.34. The molecule has 0 spiro atoms. The van der Waals surface area contributed by atoms with Crippen molar-refractivity contribution in [3.05, 3.63) is 34.8 Å². The van der Waals surface area contributed by atoms with Gasteiger partial charge in [0.25, 0.3) is 5.91 Å². The number of anilines is 1. The standard InChI is InChI=1S/C14H15N3O4S/c1-3-21-12(18)8-11-16-17-14(22-11)15-13(19)9-4-6-10(20-2)7-5-9/h4-7H,3,8H2,1-2H3,(H,15,17,19). The molecule has 1 aromatic carbocycles. The number of methoxy groups -OCH3 is 1. The van der Waals surface area contributed by atoms with E-state index in [2.05, 4.69) is 15.5 Å². The highest BCUT2D eigenvalue weighted by Crippen LogP contribution is 2.18. The number of benzene rings is 1. The van der Waals surface area contributed by atoms with Crippen molar-refractivity contribution in [2.24, 2.45) is 0 Å². The number of hydrogen-bond acceptors (Lipinski definition) is 7. The van der Waals surface area contributed by atoms with Crippen LogP contribution >= 0.6 is 11.3 Å². The molecule has 0 unspecified atom stereocenters. The van der Waals surface area contributed by atoms with E-state index in [1.54, 1.807) is 38.3 Å². The summed E-state index contributed by atoms with van der Waals surface area (Å²) in [4.78, 5) is 23.4. The molecule has 1 heterocycles. The SMILES string of the molecule is CCOC(=O)Cc1nnc(NC(=O)c2ccc(OC)cc2)s1. The number of carbonyl (C=O) groups is 2. The highest BCUT2D eigenvalue weighted by atomic mass is 32.1. The van der Waals surface area contributed by atoms with Crippen molar-refractivity contribution in [2.45, 2.75) is 13.3 Å². The zero-order valence-corrected chi connectivity index (χ0v) is 13.0. The Morgan fingerprint density at radius 2 is 1.95 bits per heavy atom. The van der Waals surface area contributed by atoms with E-state index in [1.807, 2.05) is 0 Å². The number of aromatic nitrogens is 2. The molecule has 1 N–H and O–H groups in total. The third-order valence-corrected chi connectivity index (χ3v) is 3.48. The fourth-order valence-electron chi connectivity index (χ4n) is 1.62. The molecule has 0 aliphatic heterocycles. The van der Waals surface area contributed by atoms with Gasteiger partial charge >= 0.3 is 5.97 Å². The molecule has 0 aliphatic rings. The zero-order valence-electron chi connectivity index (χ0n) is 12.2. The van der Waals surface area contributed by atoms with Crippen molar-refractivity contribution in [2.75, 3.05) is 19.0 Å². The molecule has 7 nitrogen and oxygen atoms in total. The van der Waals surface area contributed by atoms with Gasteiger partial charge in [0.15, 0.2) is 0 Å². The number of amides is 1. The van der Waals surface area contributed by atoms with Crippen molar-refractivity contribution in [3.8, 4) is 5.75 Å². The van der Waals surface area contributed by atoms with Gasteiger partial charge in [-0.05, 0) is 31.2 Å². The lowest BCUT2D eigenvalue weighted by Gasteiger charge is -2.02. The van der Waals surface area contributed by atoms with Gasteiger partial charge in [0.05, 0.1) is 20.1 Å². The van der Waals surface area contributed by atoms with Crippen LogP contribution in [0.3, 0.4) is 0 Å². The lowest BCUT2D eigenvalue weighted by molar-refractivity contribution is -0.142. The Bertz CT molecular complexity index is 654. The van der Waals surface area contributed by atoms with E-state index in [4.69, 9.17) is 9.47 Å². The minimum absolute atomic E-state index is 0.0455. The maximum atomic E-state index is 12.0. The van der Waals surface area contributed by atoms with Gasteiger partial charge < -0.3 is 9.47 Å². The molecule has 0 radical (unpaired) electrons. The van der Waals surface area contributed by atoms with E-state index in [0.717, 1.165) is 11.3 Å². The molecule has 116 valence electrons. The van der Waals surface area contributed by atoms with Crippen LogP contribution in [0.5, 0.6) is 5.75 Å². The minimum Gasteiger partial charge on any atom is -0.497 e. The predicted molar refractivity (Wildman–Crippen MR) is 81.2 cm³/mol. The van der Waals surface area contributed by atoms with E-state index in [9.17, 15) is 9.59 Å².